The number of hydrogen-bond donors (Lipinski definition) is 0. The minimum Gasteiger partial charge on any atom is -0.486 e. The van der Waals surface area contributed by atoms with E-state index >= 15 is 0 Å². The molecule has 0 unspecified atom stereocenters. The van der Waals surface area contributed by atoms with E-state index in [1.165, 1.54) is 5.39 Å². The average Bonchev–Trinajstić information content (AvgIpc) is 3.25. The van der Waals surface area contributed by atoms with Gasteiger partial charge in [0.2, 0.25) is 0 Å². The van der Waals surface area contributed by atoms with E-state index in [0.717, 1.165) is 31.5 Å². The summed E-state index contributed by atoms with van der Waals surface area (Å²) in [7, 11) is 0. The van der Waals surface area contributed by atoms with E-state index < -0.39 is 0 Å². The number of ether oxygens (including phenoxy) is 1. The molecule has 0 radical (unpaired) electrons. The maximum Gasteiger partial charge on any atom is 0.189 e. The summed E-state index contributed by atoms with van der Waals surface area (Å²) in [5.74, 6) is 1.43. The highest BCUT2D eigenvalue weighted by Crippen LogP contribution is 2.25. The van der Waals surface area contributed by atoms with Gasteiger partial charge < -0.3 is 4.74 Å². The molecule has 0 saturated heterocycles. The van der Waals surface area contributed by atoms with Crippen molar-refractivity contribution in [3.8, 4) is 5.75 Å². The van der Waals surface area contributed by atoms with Crippen LogP contribution >= 0.6 is 27.3 Å². The fourth-order valence-electron chi connectivity index (χ4n) is 2.80. The fourth-order valence-corrected chi connectivity index (χ4v) is 3.91. The quantitative estimate of drug-likeness (QED) is 0.427. The van der Waals surface area contributed by atoms with E-state index in [0.29, 0.717) is 12.4 Å². The first-order chi connectivity index (χ1) is 12.3. The number of nitrogens with zero attached hydrogens (tertiary/aromatic N) is 4. The van der Waals surface area contributed by atoms with Gasteiger partial charge in [-0.15, -0.1) is 16.4 Å². The Labute approximate surface area is 155 Å². The maximum atomic E-state index is 5.89. The summed E-state index contributed by atoms with van der Waals surface area (Å²) in [5, 5.41) is 9.77. The van der Waals surface area contributed by atoms with Gasteiger partial charge in [0.05, 0.1) is 5.39 Å². The summed E-state index contributed by atoms with van der Waals surface area (Å²) in [4.78, 5) is 9.93. The Bertz CT molecular complexity index is 1230. The number of thiophene rings is 1. The molecule has 0 aliphatic carbocycles. The van der Waals surface area contributed by atoms with Crippen molar-refractivity contribution in [1.29, 1.82) is 0 Å². The highest BCUT2D eigenvalue weighted by atomic mass is 79.9. The first-order valence-corrected chi connectivity index (χ1v) is 9.33. The van der Waals surface area contributed by atoms with E-state index in [1.807, 2.05) is 35.7 Å². The molecule has 0 atom stereocenters. The van der Waals surface area contributed by atoms with Gasteiger partial charge in [-0.2, -0.15) is 0 Å². The normalized spacial score (nSPS) is 11.6. The van der Waals surface area contributed by atoms with Crippen molar-refractivity contribution < 1.29 is 4.74 Å². The summed E-state index contributed by atoms with van der Waals surface area (Å²) < 4.78 is 8.65. The fraction of sp³-hybridized carbons (Fsp3) is 0.0556. The number of fused-ring (bicyclic) bond motifs is 4. The summed E-state index contributed by atoms with van der Waals surface area (Å²) in [6.45, 7) is 0.315. The van der Waals surface area contributed by atoms with Gasteiger partial charge in [-0.3, -0.25) is 0 Å². The zero-order valence-electron chi connectivity index (χ0n) is 12.9. The molecule has 122 valence electrons. The lowest BCUT2D eigenvalue weighted by Gasteiger charge is -2.05. The van der Waals surface area contributed by atoms with Crippen LogP contribution in [0.15, 0.2) is 58.6 Å². The van der Waals surface area contributed by atoms with Crippen molar-refractivity contribution in [3.05, 3.63) is 64.5 Å². The smallest absolute Gasteiger partial charge is 0.189 e. The van der Waals surface area contributed by atoms with Crippen molar-refractivity contribution in [3.63, 3.8) is 0 Å². The second-order valence-corrected chi connectivity index (χ2v) is 7.43. The molecule has 2 aromatic carbocycles. The van der Waals surface area contributed by atoms with Crippen LogP contribution in [0.4, 0.5) is 0 Å². The molecule has 0 aliphatic heterocycles. The second-order valence-electron chi connectivity index (χ2n) is 5.62. The van der Waals surface area contributed by atoms with Gasteiger partial charge in [0.1, 0.15) is 23.5 Å². The summed E-state index contributed by atoms with van der Waals surface area (Å²) in [6, 6.07) is 14.2. The molecular weight excluding hydrogens is 400 g/mol. The first kappa shape index (κ1) is 14.8. The molecule has 25 heavy (non-hydrogen) atoms. The molecule has 0 aliphatic rings. The minimum absolute atomic E-state index is 0.315. The SMILES string of the molecule is Brc1ccc2cc(OCc3nc4c5ccsc5ncn4n3)ccc2c1. The number of benzene rings is 2. The van der Waals surface area contributed by atoms with Crippen LogP contribution in [0.1, 0.15) is 5.82 Å². The lowest BCUT2D eigenvalue weighted by Crippen LogP contribution is -1.98. The molecule has 0 N–H and O–H groups in total. The van der Waals surface area contributed by atoms with Gasteiger partial charge >= 0.3 is 0 Å². The lowest BCUT2D eigenvalue weighted by molar-refractivity contribution is 0.296. The van der Waals surface area contributed by atoms with Crippen molar-refractivity contribution in [2.75, 3.05) is 0 Å². The molecule has 3 aromatic heterocycles. The monoisotopic (exact) mass is 410 g/mol. The Morgan fingerprint density at radius 2 is 1.96 bits per heavy atom. The first-order valence-electron chi connectivity index (χ1n) is 7.66. The Balaban J connectivity index is 1.43. The lowest BCUT2D eigenvalue weighted by atomic mass is 10.1. The van der Waals surface area contributed by atoms with Gasteiger partial charge in [0.15, 0.2) is 11.5 Å². The van der Waals surface area contributed by atoms with E-state index in [2.05, 4.69) is 43.1 Å². The van der Waals surface area contributed by atoms with E-state index in [9.17, 15) is 0 Å². The predicted octanol–water partition coefficient (Wildman–Crippen LogP) is 4.83. The Hall–Kier alpha value is -2.51. The van der Waals surface area contributed by atoms with Crippen LogP contribution in [-0.4, -0.2) is 19.6 Å². The van der Waals surface area contributed by atoms with Crippen LogP contribution in [0.5, 0.6) is 5.75 Å². The number of rotatable bonds is 3. The van der Waals surface area contributed by atoms with Gasteiger partial charge in [0, 0.05) is 4.47 Å². The zero-order valence-corrected chi connectivity index (χ0v) is 15.3. The Morgan fingerprint density at radius 1 is 1.08 bits per heavy atom. The van der Waals surface area contributed by atoms with E-state index in [4.69, 9.17) is 4.74 Å². The highest BCUT2D eigenvalue weighted by Gasteiger charge is 2.09. The molecule has 0 saturated carbocycles. The molecule has 0 bridgehead atoms. The maximum absolute atomic E-state index is 5.89. The molecule has 0 spiro atoms. The number of hydrogen-bond acceptors (Lipinski definition) is 5. The topological polar surface area (TPSA) is 52.3 Å². The number of aromatic nitrogens is 4. The van der Waals surface area contributed by atoms with Crippen molar-refractivity contribution in [2.45, 2.75) is 6.61 Å². The molecule has 0 fully saturated rings. The third-order valence-corrected chi connectivity index (χ3v) is 5.30. The molecule has 0 amide bonds. The third kappa shape index (κ3) is 2.65. The van der Waals surface area contributed by atoms with Crippen LogP contribution in [-0.2, 0) is 6.61 Å². The van der Waals surface area contributed by atoms with E-state index in [1.54, 1.807) is 22.2 Å². The molecular formula is C18H11BrN4OS. The Morgan fingerprint density at radius 3 is 2.92 bits per heavy atom. The van der Waals surface area contributed by atoms with E-state index in [-0.39, 0.29) is 0 Å². The van der Waals surface area contributed by atoms with Gasteiger partial charge in [-0.05, 0) is 46.5 Å². The predicted molar refractivity (Wildman–Crippen MR) is 102 cm³/mol. The van der Waals surface area contributed by atoms with Crippen molar-refractivity contribution in [1.82, 2.24) is 19.6 Å². The van der Waals surface area contributed by atoms with Crippen LogP contribution in [0.3, 0.4) is 0 Å². The van der Waals surface area contributed by atoms with Crippen LogP contribution in [0, 0.1) is 0 Å². The van der Waals surface area contributed by atoms with Crippen LogP contribution < -0.4 is 4.74 Å². The number of halogens is 1. The largest absolute Gasteiger partial charge is 0.486 e. The molecule has 7 heteroatoms. The highest BCUT2D eigenvalue weighted by molar-refractivity contribution is 9.10. The molecule has 3 heterocycles. The molecule has 5 rings (SSSR count). The summed E-state index contributed by atoms with van der Waals surface area (Å²) in [5.41, 5.74) is 0.813. The molecule has 5 nitrogen and oxygen atoms in total. The van der Waals surface area contributed by atoms with Crippen LogP contribution in [0.2, 0.25) is 0 Å². The average molecular weight is 411 g/mol. The summed E-state index contributed by atoms with van der Waals surface area (Å²) in [6.07, 6.45) is 1.69. The van der Waals surface area contributed by atoms with Gasteiger partial charge in [-0.1, -0.05) is 28.1 Å². The van der Waals surface area contributed by atoms with Crippen LogP contribution in [0.25, 0.3) is 26.6 Å². The van der Waals surface area contributed by atoms with Gasteiger partial charge in [-0.25, -0.2) is 14.5 Å². The second kappa shape index (κ2) is 5.79. The Kier molecular flexibility index (Phi) is 3.43. The minimum atomic E-state index is 0.315. The standard InChI is InChI=1S/C18H11BrN4OS/c19-13-3-1-12-8-14(4-2-11(12)7-13)24-9-16-21-17-15-5-6-25-18(15)20-10-23(17)22-16/h1-8,10H,9H2. The van der Waals surface area contributed by atoms with Crippen molar-refractivity contribution in [2.24, 2.45) is 0 Å². The zero-order chi connectivity index (χ0) is 16.8. The third-order valence-electron chi connectivity index (χ3n) is 3.99. The summed E-state index contributed by atoms with van der Waals surface area (Å²) >= 11 is 5.09. The van der Waals surface area contributed by atoms with Gasteiger partial charge in [0.25, 0.3) is 0 Å². The molecule has 5 aromatic rings. The van der Waals surface area contributed by atoms with Crippen molar-refractivity contribution >= 4 is 53.9 Å².